The second kappa shape index (κ2) is 8.42. The molecule has 1 heterocycles. The molecule has 1 aliphatic rings. The number of alkyl halides is 3. The van der Waals surface area contributed by atoms with Crippen molar-refractivity contribution in [2.75, 3.05) is 16.5 Å². The third kappa shape index (κ3) is 5.71. The maximum absolute atomic E-state index is 12.7. The Kier molecular flexibility index (Phi) is 5.99. The third-order valence-corrected chi connectivity index (χ3v) is 4.62. The van der Waals surface area contributed by atoms with E-state index in [1.165, 1.54) is 12.1 Å². The highest BCUT2D eigenvalue weighted by Gasteiger charge is 2.30. The minimum atomic E-state index is -4.46. The number of benzene rings is 1. The highest BCUT2D eigenvalue weighted by Crippen LogP contribution is 2.30. The molecule has 0 atom stereocenters. The lowest BCUT2D eigenvalue weighted by Crippen LogP contribution is -2.15. The molecule has 0 spiro atoms. The predicted molar refractivity (Wildman–Crippen MR) is 96.7 cm³/mol. The second-order valence-electron chi connectivity index (χ2n) is 5.88. The van der Waals surface area contributed by atoms with E-state index in [0.29, 0.717) is 11.1 Å². The first-order chi connectivity index (χ1) is 12.9. The van der Waals surface area contributed by atoms with Crippen LogP contribution in [0, 0.1) is 0 Å². The number of amides is 1. The molecular formula is C16H17F3N6OS. The first-order valence-corrected chi connectivity index (χ1v) is 9.22. The number of hydrogen-bond donors (Lipinski definition) is 3. The molecule has 27 heavy (non-hydrogen) atoms. The maximum Gasteiger partial charge on any atom is 0.416 e. The van der Waals surface area contributed by atoms with Crippen LogP contribution in [0.4, 0.5) is 24.8 Å². The van der Waals surface area contributed by atoms with Gasteiger partial charge in [0.1, 0.15) is 0 Å². The van der Waals surface area contributed by atoms with Crippen molar-refractivity contribution in [2.45, 2.75) is 37.0 Å². The maximum atomic E-state index is 12.7. The van der Waals surface area contributed by atoms with Crippen molar-refractivity contribution in [1.82, 2.24) is 15.2 Å². The number of hydrazone groups is 1. The molecule has 11 heteroatoms. The fraction of sp³-hybridized carbons (Fsp3) is 0.375. The number of carbonyl (C=O) groups is 1. The molecule has 1 saturated carbocycles. The van der Waals surface area contributed by atoms with Gasteiger partial charge in [0.25, 0.3) is 0 Å². The standard InChI is InChI=1S/C16H17F3N6OS/c17-16(18,19)10-4-3-7-12(8-10)20-13(26)9-27-15-21-14(24-25-15)23-22-11-5-1-2-6-11/h3-4,7-8H,1-2,5-6,9H2,(H,20,26)(H2,21,23,24,25). The molecule has 0 unspecified atom stereocenters. The lowest BCUT2D eigenvalue weighted by molar-refractivity contribution is -0.137. The van der Waals surface area contributed by atoms with Gasteiger partial charge in [-0.25, -0.2) is 10.5 Å². The smallest absolute Gasteiger partial charge is 0.325 e. The van der Waals surface area contributed by atoms with Gasteiger partial charge in [0, 0.05) is 11.4 Å². The summed E-state index contributed by atoms with van der Waals surface area (Å²) in [7, 11) is 0. The lowest BCUT2D eigenvalue weighted by Gasteiger charge is -2.09. The van der Waals surface area contributed by atoms with Gasteiger partial charge in [-0.15, -0.1) is 5.10 Å². The van der Waals surface area contributed by atoms with Gasteiger partial charge < -0.3 is 5.32 Å². The number of nitrogens with zero attached hydrogens (tertiary/aromatic N) is 3. The number of carbonyl (C=O) groups excluding carboxylic acids is 1. The number of aromatic amines is 1. The predicted octanol–water partition coefficient (Wildman–Crippen LogP) is 3.90. The number of hydrogen-bond acceptors (Lipinski definition) is 6. The Bertz CT molecular complexity index is 828. The molecule has 0 saturated heterocycles. The molecule has 0 radical (unpaired) electrons. The summed E-state index contributed by atoms with van der Waals surface area (Å²) < 4.78 is 38.1. The van der Waals surface area contributed by atoms with E-state index in [1.807, 2.05) is 0 Å². The zero-order valence-electron chi connectivity index (χ0n) is 14.1. The summed E-state index contributed by atoms with van der Waals surface area (Å²) in [6, 6.07) is 4.47. The molecular weight excluding hydrogens is 381 g/mol. The molecule has 0 bridgehead atoms. The van der Waals surface area contributed by atoms with Crippen LogP contribution in [-0.4, -0.2) is 32.6 Å². The van der Waals surface area contributed by atoms with E-state index in [2.05, 4.69) is 31.0 Å². The van der Waals surface area contributed by atoms with E-state index in [1.54, 1.807) is 0 Å². The molecule has 3 N–H and O–H groups in total. The van der Waals surface area contributed by atoms with E-state index in [0.717, 1.165) is 55.3 Å². The van der Waals surface area contributed by atoms with E-state index in [4.69, 9.17) is 0 Å². The zero-order valence-corrected chi connectivity index (χ0v) is 15.0. The lowest BCUT2D eigenvalue weighted by atomic mass is 10.2. The highest BCUT2D eigenvalue weighted by molar-refractivity contribution is 7.99. The van der Waals surface area contributed by atoms with Crippen molar-refractivity contribution < 1.29 is 18.0 Å². The van der Waals surface area contributed by atoms with E-state index < -0.39 is 17.6 Å². The van der Waals surface area contributed by atoms with Crippen LogP contribution < -0.4 is 10.7 Å². The summed E-state index contributed by atoms with van der Waals surface area (Å²) in [5.74, 6) is -0.123. The van der Waals surface area contributed by atoms with Gasteiger partial charge >= 0.3 is 6.18 Å². The van der Waals surface area contributed by atoms with Crippen molar-refractivity contribution in [3.05, 3.63) is 29.8 Å². The van der Waals surface area contributed by atoms with Gasteiger partial charge in [-0.2, -0.15) is 23.3 Å². The van der Waals surface area contributed by atoms with Gasteiger partial charge in [0.2, 0.25) is 17.0 Å². The van der Waals surface area contributed by atoms with Crippen LogP contribution in [0.15, 0.2) is 34.5 Å². The summed E-state index contributed by atoms with van der Waals surface area (Å²) in [5, 5.41) is 13.6. The van der Waals surface area contributed by atoms with Gasteiger partial charge in [-0.3, -0.25) is 4.79 Å². The van der Waals surface area contributed by atoms with Crippen LogP contribution in [-0.2, 0) is 11.0 Å². The molecule has 1 aromatic heterocycles. The Morgan fingerprint density at radius 3 is 2.81 bits per heavy atom. The minimum Gasteiger partial charge on any atom is -0.325 e. The van der Waals surface area contributed by atoms with Crippen molar-refractivity contribution in [3.63, 3.8) is 0 Å². The van der Waals surface area contributed by atoms with Crippen LogP contribution in [0.3, 0.4) is 0 Å². The van der Waals surface area contributed by atoms with Gasteiger partial charge in [0.15, 0.2) is 0 Å². The summed E-state index contributed by atoms with van der Waals surface area (Å²) >= 11 is 1.06. The Hall–Kier alpha value is -2.56. The topological polar surface area (TPSA) is 95.1 Å². The summed E-state index contributed by atoms with van der Waals surface area (Å²) in [6.07, 6.45) is -0.241. The van der Waals surface area contributed by atoms with Crippen molar-refractivity contribution >= 4 is 35.0 Å². The Morgan fingerprint density at radius 2 is 2.07 bits per heavy atom. The fourth-order valence-corrected chi connectivity index (χ4v) is 3.09. The molecule has 1 amide bonds. The molecule has 2 aromatic rings. The van der Waals surface area contributed by atoms with Crippen molar-refractivity contribution in [2.24, 2.45) is 5.10 Å². The Labute approximate surface area is 157 Å². The van der Waals surface area contributed by atoms with E-state index >= 15 is 0 Å². The Morgan fingerprint density at radius 1 is 1.30 bits per heavy atom. The summed E-state index contributed by atoms with van der Waals surface area (Å²) in [5.41, 5.74) is 3.14. The number of thioether (sulfide) groups is 1. The van der Waals surface area contributed by atoms with E-state index in [-0.39, 0.29) is 11.4 Å². The monoisotopic (exact) mass is 398 g/mol. The zero-order chi connectivity index (χ0) is 19.3. The van der Waals surface area contributed by atoms with Gasteiger partial charge in [-0.05, 0) is 43.9 Å². The third-order valence-electron chi connectivity index (χ3n) is 3.77. The number of halogens is 3. The molecule has 1 aliphatic carbocycles. The molecule has 144 valence electrons. The second-order valence-corrected chi connectivity index (χ2v) is 6.82. The van der Waals surface area contributed by atoms with Crippen LogP contribution in [0.2, 0.25) is 0 Å². The largest absolute Gasteiger partial charge is 0.416 e. The molecule has 0 aliphatic heterocycles. The number of anilines is 2. The van der Waals surface area contributed by atoms with Crippen molar-refractivity contribution in [1.29, 1.82) is 0 Å². The number of H-pyrrole nitrogens is 1. The average molecular weight is 398 g/mol. The summed E-state index contributed by atoms with van der Waals surface area (Å²) in [4.78, 5) is 16.1. The van der Waals surface area contributed by atoms with Gasteiger partial charge in [0.05, 0.1) is 11.3 Å². The number of aromatic nitrogens is 3. The molecule has 7 nitrogen and oxygen atoms in total. The molecule has 1 aromatic carbocycles. The van der Waals surface area contributed by atoms with Crippen molar-refractivity contribution in [3.8, 4) is 0 Å². The first-order valence-electron chi connectivity index (χ1n) is 8.24. The molecule has 3 rings (SSSR count). The Balaban J connectivity index is 1.49. The SMILES string of the molecule is O=C(CSc1n[nH]c(NN=C2CCCC2)n1)Nc1cccc(C(F)(F)F)c1. The number of rotatable bonds is 6. The van der Waals surface area contributed by atoms with Gasteiger partial charge in [-0.1, -0.05) is 17.8 Å². The summed E-state index contributed by atoms with van der Waals surface area (Å²) in [6.45, 7) is 0. The van der Waals surface area contributed by atoms with Crippen LogP contribution in [0.1, 0.15) is 31.2 Å². The average Bonchev–Trinajstić information content (AvgIpc) is 3.29. The fourth-order valence-electron chi connectivity index (χ4n) is 2.49. The minimum absolute atomic E-state index is 0.0396. The number of nitrogens with one attached hydrogen (secondary N) is 3. The van der Waals surface area contributed by atoms with Crippen LogP contribution in [0.5, 0.6) is 0 Å². The first kappa shape index (κ1) is 19.2. The van der Waals surface area contributed by atoms with Crippen LogP contribution in [0.25, 0.3) is 0 Å². The molecule has 1 fully saturated rings. The highest BCUT2D eigenvalue weighted by atomic mass is 32.2. The van der Waals surface area contributed by atoms with Crippen LogP contribution >= 0.6 is 11.8 Å². The van der Waals surface area contributed by atoms with E-state index in [9.17, 15) is 18.0 Å². The quantitative estimate of drug-likeness (QED) is 0.507. The normalized spacial score (nSPS) is 14.3.